The molecule has 7 heteroatoms. The van der Waals surface area contributed by atoms with Crippen molar-refractivity contribution in [3.8, 4) is 11.4 Å². The van der Waals surface area contributed by atoms with E-state index in [0.717, 1.165) is 0 Å². The van der Waals surface area contributed by atoms with Gasteiger partial charge < -0.3 is 15.0 Å². The van der Waals surface area contributed by atoms with Gasteiger partial charge in [0.05, 0.1) is 19.1 Å². The molecule has 19 heavy (non-hydrogen) atoms. The fraction of sp³-hybridized carbons (Fsp3) is 0.333. The molecule has 1 saturated heterocycles. The number of ether oxygens (including phenoxy) is 1. The first-order chi connectivity index (χ1) is 9.13. The van der Waals surface area contributed by atoms with E-state index in [1.54, 1.807) is 18.2 Å². The summed E-state index contributed by atoms with van der Waals surface area (Å²) < 4.78 is 10.5. The molecule has 0 spiro atoms. The highest BCUT2D eigenvalue weighted by Gasteiger charge is 2.31. The summed E-state index contributed by atoms with van der Waals surface area (Å²) in [7, 11) is 0. The lowest BCUT2D eigenvalue weighted by molar-refractivity contribution is 0.187. The Morgan fingerprint density at radius 3 is 2.53 bits per heavy atom. The van der Waals surface area contributed by atoms with Crippen molar-refractivity contribution in [3.63, 3.8) is 0 Å². The molecular formula is C12H11Cl2N3O2. The molecule has 1 aliphatic heterocycles. The zero-order chi connectivity index (χ0) is 13.4. The van der Waals surface area contributed by atoms with Crippen LogP contribution in [-0.2, 0) is 4.74 Å². The molecule has 0 saturated carbocycles. The summed E-state index contributed by atoms with van der Waals surface area (Å²) >= 11 is 11.9. The van der Waals surface area contributed by atoms with Crippen molar-refractivity contribution < 1.29 is 9.26 Å². The summed E-state index contributed by atoms with van der Waals surface area (Å²) in [6, 6.07) is 4.99. The lowest BCUT2D eigenvalue weighted by Gasteiger charge is -2.06. The fourth-order valence-corrected chi connectivity index (χ4v) is 2.54. The third-order valence-corrected chi connectivity index (χ3v) is 3.44. The van der Waals surface area contributed by atoms with Crippen molar-refractivity contribution in [2.24, 2.45) is 5.73 Å². The first kappa shape index (κ1) is 12.9. The topological polar surface area (TPSA) is 74.2 Å². The Labute approximate surface area is 119 Å². The largest absolute Gasteiger partial charge is 0.379 e. The van der Waals surface area contributed by atoms with Gasteiger partial charge in [0.25, 0.3) is 0 Å². The molecule has 5 nitrogen and oxygen atoms in total. The van der Waals surface area contributed by atoms with Crippen LogP contribution in [0.2, 0.25) is 10.0 Å². The monoisotopic (exact) mass is 299 g/mol. The lowest BCUT2D eigenvalue weighted by Crippen LogP contribution is -2.26. The van der Waals surface area contributed by atoms with Crippen LogP contribution in [0.25, 0.3) is 11.4 Å². The number of nitrogens with zero attached hydrogens (tertiary/aromatic N) is 2. The van der Waals surface area contributed by atoms with Gasteiger partial charge in [0.2, 0.25) is 11.7 Å². The van der Waals surface area contributed by atoms with Gasteiger partial charge in [-0.3, -0.25) is 0 Å². The van der Waals surface area contributed by atoms with Gasteiger partial charge >= 0.3 is 0 Å². The van der Waals surface area contributed by atoms with Gasteiger partial charge in [-0.05, 0) is 18.2 Å². The molecule has 0 radical (unpaired) electrons. The van der Waals surface area contributed by atoms with Crippen LogP contribution in [-0.4, -0.2) is 29.4 Å². The molecule has 0 amide bonds. The third-order valence-electron chi connectivity index (χ3n) is 3.00. The number of hydrogen-bond acceptors (Lipinski definition) is 5. The Kier molecular flexibility index (Phi) is 3.45. The van der Waals surface area contributed by atoms with Crippen molar-refractivity contribution in [3.05, 3.63) is 34.1 Å². The van der Waals surface area contributed by atoms with Crippen LogP contribution >= 0.6 is 23.2 Å². The highest BCUT2D eigenvalue weighted by Crippen LogP contribution is 2.28. The number of nitrogens with two attached hydrogens (primary N) is 1. The molecule has 1 aromatic carbocycles. The highest BCUT2D eigenvalue weighted by atomic mass is 35.5. The van der Waals surface area contributed by atoms with Crippen molar-refractivity contribution in [2.45, 2.75) is 12.0 Å². The van der Waals surface area contributed by atoms with E-state index in [1.165, 1.54) is 0 Å². The van der Waals surface area contributed by atoms with E-state index in [1.807, 2.05) is 0 Å². The van der Waals surface area contributed by atoms with E-state index in [0.29, 0.717) is 40.5 Å². The van der Waals surface area contributed by atoms with Crippen LogP contribution in [0.3, 0.4) is 0 Å². The van der Waals surface area contributed by atoms with Gasteiger partial charge in [-0.1, -0.05) is 28.4 Å². The van der Waals surface area contributed by atoms with E-state index >= 15 is 0 Å². The maximum absolute atomic E-state index is 5.95. The van der Waals surface area contributed by atoms with Crippen molar-refractivity contribution >= 4 is 23.2 Å². The van der Waals surface area contributed by atoms with E-state index in [4.69, 9.17) is 38.2 Å². The summed E-state index contributed by atoms with van der Waals surface area (Å²) in [5.41, 5.74) is 6.62. The van der Waals surface area contributed by atoms with Crippen LogP contribution in [0.15, 0.2) is 22.7 Å². The third kappa shape index (κ3) is 2.60. The second-order valence-electron chi connectivity index (χ2n) is 4.42. The average Bonchev–Trinajstić information content (AvgIpc) is 2.95. The van der Waals surface area contributed by atoms with E-state index in [9.17, 15) is 0 Å². The molecule has 2 heterocycles. The Bertz CT molecular complexity index is 582. The molecule has 2 N–H and O–H groups in total. The van der Waals surface area contributed by atoms with E-state index in [2.05, 4.69) is 10.1 Å². The summed E-state index contributed by atoms with van der Waals surface area (Å²) in [4.78, 5) is 4.34. The number of rotatable bonds is 2. The summed E-state index contributed by atoms with van der Waals surface area (Å²) in [5.74, 6) is 0.866. The zero-order valence-electron chi connectivity index (χ0n) is 9.85. The normalized spacial score (nSPS) is 22.9. The second kappa shape index (κ2) is 5.09. The predicted octanol–water partition coefficient (Wildman–Crippen LogP) is 2.48. The maximum Gasteiger partial charge on any atom is 0.234 e. The lowest BCUT2D eigenvalue weighted by atomic mass is 10.1. The minimum Gasteiger partial charge on any atom is -0.379 e. The molecular weight excluding hydrogens is 289 g/mol. The second-order valence-corrected chi connectivity index (χ2v) is 5.30. The minimum atomic E-state index is -0.115. The van der Waals surface area contributed by atoms with E-state index in [-0.39, 0.29) is 12.0 Å². The fourth-order valence-electron chi connectivity index (χ4n) is 2.01. The van der Waals surface area contributed by atoms with Gasteiger partial charge in [0, 0.05) is 21.7 Å². The highest BCUT2D eigenvalue weighted by molar-refractivity contribution is 6.35. The number of halogens is 2. The quantitative estimate of drug-likeness (QED) is 0.922. The SMILES string of the molecule is NC1COCC1c1nc(-c2cc(Cl)cc(Cl)c2)no1. The summed E-state index contributed by atoms with van der Waals surface area (Å²) in [6.07, 6.45) is 0. The molecule has 0 bridgehead atoms. The molecule has 2 unspecified atom stereocenters. The van der Waals surface area contributed by atoms with Gasteiger partial charge in [0.15, 0.2) is 0 Å². The minimum absolute atomic E-state index is 0.0593. The zero-order valence-corrected chi connectivity index (χ0v) is 11.4. The predicted molar refractivity (Wildman–Crippen MR) is 71.3 cm³/mol. The Balaban J connectivity index is 1.92. The number of aromatic nitrogens is 2. The van der Waals surface area contributed by atoms with Crippen LogP contribution < -0.4 is 5.73 Å². The molecule has 1 fully saturated rings. The van der Waals surface area contributed by atoms with Crippen molar-refractivity contribution in [1.29, 1.82) is 0 Å². The first-order valence-corrected chi connectivity index (χ1v) is 6.52. The van der Waals surface area contributed by atoms with Gasteiger partial charge in [0.1, 0.15) is 0 Å². The van der Waals surface area contributed by atoms with Gasteiger partial charge in [-0.2, -0.15) is 4.98 Å². The molecule has 100 valence electrons. The smallest absolute Gasteiger partial charge is 0.234 e. The molecule has 2 atom stereocenters. The number of hydrogen-bond donors (Lipinski definition) is 1. The Hall–Kier alpha value is -1.14. The van der Waals surface area contributed by atoms with Crippen LogP contribution in [0.5, 0.6) is 0 Å². The molecule has 1 aromatic heterocycles. The average molecular weight is 300 g/mol. The molecule has 3 rings (SSSR count). The number of benzene rings is 1. The summed E-state index contributed by atoms with van der Waals surface area (Å²) in [5, 5.41) is 4.98. The first-order valence-electron chi connectivity index (χ1n) is 5.77. The molecule has 0 aliphatic carbocycles. The van der Waals surface area contributed by atoms with Gasteiger partial charge in [-0.25, -0.2) is 0 Å². The maximum atomic E-state index is 5.95. The molecule has 1 aliphatic rings. The van der Waals surface area contributed by atoms with Crippen LogP contribution in [0, 0.1) is 0 Å². The standard InChI is InChI=1S/C12H11Cl2N3O2/c13-7-1-6(2-8(14)3-7)11-16-12(19-17-11)9-4-18-5-10(9)15/h1-3,9-10H,4-5,15H2. The van der Waals surface area contributed by atoms with Gasteiger partial charge in [-0.15, -0.1) is 0 Å². The Morgan fingerprint density at radius 2 is 1.89 bits per heavy atom. The van der Waals surface area contributed by atoms with E-state index < -0.39 is 0 Å². The summed E-state index contributed by atoms with van der Waals surface area (Å²) in [6.45, 7) is 1.00. The van der Waals surface area contributed by atoms with Crippen molar-refractivity contribution in [2.75, 3.05) is 13.2 Å². The van der Waals surface area contributed by atoms with Crippen LogP contribution in [0.1, 0.15) is 11.8 Å². The van der Waals surface area contributed by atoms with Crippen molar-refractivity contribution in [1.82, 2.24) is 10.1 Å². The van der Waals surface area contributed by atoms with Crippen LogP contribution in [0.4, 0.5) is 0 Å². The Morgan fingerprint density at radius 1 is 1.16 bits per heavy atom. The molecule has 2 aromatic rings.